The summed E-state index contributed by atoms with van der Waals surface area (Å²) in [6.07, 6.45) is 0. The summed E-state index contributed by atoms with van der Waals surface area (Å²) in [5.74, 6) is 1.82. The molecule has 2 N–H and O–H groups in total. The van der Waals surface area contributed by atoms with Gasteiger partial charge in [0.05, 0.1) is 32.7 Å². The molecule has 2 aromatic carbocycles. The number of hydrogen-bond donors (Lipinski definition) is 1. The van der Waals surface area contributed by atoms with Crippen molar-refractivity contribution in [2.24, 2.45) is 10.2 Å². The largest absolute Gasteiger partial charge is 0.497 e. The molecular formula is C15H17N3O3. The number of benzene rings is 2. The van der Waals surface area contributed by atoms with Gasteiger partial charge in [-0.1, -0.05) is 0 Å². The zero-order valence-electron chi connectivity index (χ0n) is 12.2. The molecule has 110 valence electrons. The lowest BCUT2D eigenvalue weighted by molar-refractivity contribution is 0.406. The Morgan fingerprint density at radius 2 is 1.48 bits per heavy atom. The summed E-state index contributed by atoms with van der Waals surface area (Å²) in [5, 5.41) is 8.33. The first kappa shape index (κ1) is 14.6. The third kappa shape index (κ3) is 3.42. The normalized spacial score (nSPS) is 10.6. The van der Waals surface area contributed by atoms with E-state index in [0.717, 1.165) is 5.75 Å². The zero-order chi connectivity index (χ0) is 15.2. The van der Waals surface area contributed by atoms with E-state index in [-0.39, 0.29) is 0 Å². The Morgan fingerprint density at radius 3 is 2.05 bits per heavy atom. The highest BCUT2D eigenvalue weighted by Gasteiger charge is 2.08. The van der Waals surface area contributed by atoms with Gasteiger partial charge in [-0.25, -0.2) is 0 Å². The molecule has 0 aliphatic heterocycles. The first-order chi connectivity index (χ1) is 10.2. The van der Waals surface area contributed by atoms with Crippen LogP contribution in [0.25, 0.3) is 0 Å². The summed E-state index contributed by atoms with van der Waals surface area (Å²) in [7, 11) is 4.71. The van der Waals surface area contributed by atoms with Gasteiger partial charge in [-0.15, -0.1) is 5.11 Å². The minimum absolute atomic E-state index is 0.484. The summed E-state index contributed by atoms with van der Waals surface area (Å²) < 4.78 is 15.5. The number of nitrogens with zero attached hydrogens (tertiary/aromatic N) is 2. The summed E-state index contributed by atoms with van der Waals surface area (Å²) in [6.45, 7) is 0. The maximum atomic E-state index is 5.82. The van der Waals surface area contributed by atoms with Crippen molar-refractivity contribution >= 4 is 17.1 Å². The van der Waals surface area contributed by atoms with Crippen LogP contribution in [0.5, 0.6) is 17.2 Å². The van der Waals surface area contributed by atoms with Crippen LogP contribution in [0.15, 0.2) is 46.6 Å². The van der Waals surface area contributed by atoms with E-state index in [1.165, 1.54) is 0 Å². The second kappa shape index (κ2) is 6.60. The average Bonchev–Trinajstić information content (AvgIpc) is 2.53. The minimum atomic E-state index is 0.484. The van der Waals surface area contributed by atoms with Crippen LogP contribution < -0.4 is 19.9 Å². The molecule has 2 rings (SSSR count). The lowest BCUT2D eigenvalue weighted by Crippen LogP contribution is -1.93. The van der Waals surface area contributed by atoms with Crippen LogP contribution in [0.4, 0.5) is 17.1 Å². The van der Waals surface area contributed by atoms with E-state index in [1.807, 2.05) is 24.3 Å². The Bertz CT molecular complexity index is 639. The molecule has 6 nitrogen and oxygen atoms in total. The van der Waals surface area contributed by atoms with E-state index in [2.05, 4.69) is 10.2 Å². The standard InChI is InChI=1S/C15H17N3O3/c1-19-11-6-4-10(5-7-11)17-18-13-9-14(20-2)12(16)8-15(13)21-3/h4-9H,16H2,1-3H3/b18-17+. The Morgan fingerprint density at radius 1 is 0.810 bits per heavy atom. The van der Waals surface area contributed by atoms with E-state index in [1.54, 1.807) is 33.5 Å². The van der Waals surface area contributed by atoms with Crippen molar-refractivity contribution in [1.82, 2.24) is 0 Å². The van der Waals surface area contributed by atoms with Crippen molar-refractivity contribution < 1.29 is 14.2 Å². The highest BCUT2D eigenvalue weighted by molar-refractivity contribution is 5.66. The highest BCUT2D eigenvalue weighted by Crippen LogP contribution is 2.37. The van der Waals surface area contributed by atoms with Crippen LogP contribution in [-0.4, -0.2) is 21.3 Å². The smallest absolute Gasteiger partial charge is 0.148 e. The van der Waals surface area contributed by atoms with E-state index in [9.17, 15) is 0 Å². The first-order valence-corrected chi connectivity index (χ1v) is 6.25. The van der Waals surface area contributed by atoms with Crippen LogP contribution in [0.2, 0.25) is 0 Å². The number of hydrogen-bond acceptors (Lipinski definition) is 6. The Labute approximate surface area is 123 Å². The molecule has 0 aromatic heterocycles. The van der Waals surface area contributed by atoms with Gasteiger partial charge >= 0.3 is 0 Å². The second-order valence-corrected chi connectivity index (χ2v) is 4.16. The molecular weight excluding hydrogens is 270 g/mol. The van der Waals surface area contributed by atoms with Crippen molar-refractivity contribution in [1.29, 1.82) is 0 Å². The third-order valence-corrected chi connectivity index (χ3v) is 2.88. The topological polar surface area (TPSA) is 78.4 Å². The van der Waals surface area contributed by atoms with Gasteiger partial charge in [-0.05, 0) is 24.3 Å². The van der Waals surface area contributed by atoms with Gasteiger partial charge in [0.2, 0.25) is 0 Å². The van der Waals surface area contributed by atoms with E-state index in [0.29, 0.717) is 28.6 Å². The number of rotatable bonds is 5. The highest BCUT2D eigenvalue weighted by atomic mass is 16.5. The fraction of sp³-hybridized carbons (Fsp3) is 0.200. The van der Waals surface area contributed by atoms with Crippen molar-refractivity contribution in [2.75, 3.05) is 27.1 Å². The van der Waals surface area contributed by atoms with E-state index >= 15 is 0 Å². The molecule has 0 atom stereocenters. The fourth-order valence-electron chi connectivity index (χ4n) is 1.74. The molecule has 0 bridgehead atoms. The Hall–Kier alpha value is -2.76. The lowest BCUT2D eigenvalue weighted by atomic mass is 10.2. The van der Waals surface area contributed by atoms with Gasteiger partial charge in [-0.2, -0.15) is 5.11 Å². The van der Waals surface area contributed by atoms with Crippen molar-refractivity contribution in [3.8, 4) is 17.2 Å². The van der Waals surface area contributed by atoms with Gasteiger partial charge in [0, 0.05) is 12.1 Å². The van der Waals surface area contributed by atoms with Gasteiger partial charge < -0.3 is 19.9 Å². The predicted octanol–water partition coefficient (Wildman–Crippen LogP) is 3.71. The Balaban J connectivity index is 2.30. The van der Waals surface area contributed by atoms with Gasteiger partial charge in [0.25, 0.3) is 0 Å². The summed E-state index contributed by atoms with van der Waals surface area (Å²) in [6, 6.07) is 10.6. The van der Waals surface area contributed by atoms with Crippen LogP contribution in [-0.2, 0) is 0 Å². The Kier molecular flexibility index (Phi) is 4.61. The molecule has 0 radical (unpaired) electrons. The number of ether oxygens (including phenoxy) is 3. The fourth-order valence-corrected chi connectivity index (χ4v) is 1.74. The summed E-state index contributed by atoms with van der Waals surface area (Å²) >= 11 is 0. The quantitative estimate of drug-likeness (QED) is 0.671. The molecule has 0 spiro atoms. The number of anilines is 1. The molecule has 0 fully saturated rings. The predicted molar refractivity (Wildman–Crippen MR) is 81.1 cm³/mol. The van der Waals surface area contributed by atoms with Crippen LogP contribution in [0.1, 0.15) is 0 Å². The molecule has 0 saturated carbocycles. The van der Waals surface area contributed by atoms with Crippen LogP contribution in [0, 0.1) is 0 Å². The number of nitrogen functional groups attached to an aromatic ring is 1. The van der Waals surface area contributed by atoms with E-state index < -0.39 is 0 Å². The molecule has 21 heavy (non-hydrogen) atoms. The number of nitrogens with two attached hydrogens (primary N) is 1. The monoisotopic (exact) mass is 287 g/mol. The molecule has 0 aliphatic carbocycles. The molecule has 0 heterocycles. The number of azo groups is 1. The molecule has 0 aliphatic rings. The summed E-state index contributed by atoms with van der Waals surface area (Å²) in [5.41, 5.74) is 7.55. The third-order valence-electron chi connectivity index (χ3n) is 2.88. The minimum Gasteiger partial charge on any atom is -0.497 e. The molecule has 2 aromatic rings. The molecule has 0 saturated heterocycles. The van der Waals surface area contributed by atoms with Crippen molar-refractivity contribution in [3.05, 3.63) is 36.4 Å². The number of methoxy groups -OCH3 is 3. The zero-order valence-corrected chi connectivity index (χ0v) is 12.2. The van der Waals surface area contributed by atoms with Gasteiger partial charge in [-0.3, -0.25) is 0 Å². The van der Waals surface area contributed by atoms with Crippen LogP contribution >= 0.6 is 0 Å². The van der Waals surface area contributed by atoms with Gasteiger partial charge in [0.1, 0.15) is 22.9 Å². The maximum absolute atomic E-state index is 5.82. The van der Waals surface area contributed by atoms with Crippen molar-refractivity contribution in [2.45, 2.75) is 0 Å². The van der Waals surface area contributed by atoms with Crippen molar-refractivity contribution in [3.63, 3.8) is 0 Å². The van der Waals surface area contributed by atoms with E-state index in [4.69, 9.17) is 19.9 Å². The second-order valence-electron chi connectivity index (χ2n) is 4.16. The van der Waals surface area contributed by atoms with Gasteiger partial charge in [0.15, 0.2) is 0 Å². The molecule has 0 amide bonds. The molecule has 0 unspecified atom stereocenters. The lowest BCUT2D eigenvalue weighted by Gasteiger charge is -2.09. The SMILES string of the molecule is COc1ccc(/N=N/c2cc(OC)c(N)cc2OC)cc1. The molecule has 6 heteroatoms. The average molecular weight is 287 g/mol. The summed E-state index contributed by atoms with van der Waals surface area (Å²) in [4.78, 5) is 0. The first-order valence-electron chi connectivity index (χ1n) is 6.25. The van der Waals surface area contributed by atoms with Crippen LogP contribution in [0.3, 0.4) is 0 Å². The maximum Gasteiger partial charge on any atom is 0.148 e.